The van der Waals surface area contributed by atoms with Crippen molar-refractivity contribution in [3.8, 4) is 0 Å². The number of aromatic nitrogens is 2. The number of guanidine groups is 2. The molecule has 0 spiro atoms. The number of fused-ring (bicyclic) bond motifs is 1. The molecule has 1 unspecified atom stereocenters. The Kier molecular flexibility index (Phi) is 35.7. The molecule has 23 N–H and O–H groups in total. The van der Waals surface area contributed by atoms with Crippen molar-refractivity contribution in [2.24, 2.45) is 44.6 Å². The number of hydrogen-bond donors (Lipinski definition) is 18. The number of nitrogens with zero attached hydrogens (tertiary/aromatic N) is 5. The van der Waals surface area contributed by atoms with E-state index in [0.29, 0.717) is 49.8 Å². The zero-order valence-electron chi connectivity index (χ0n) is 60.7. The highest BCUT2D eigenvalue weighted by atomic mass is 33.1. The van der Waals surface area contributed by atoms with Crippen LogP contribution in [0.2, 0.25) is 0 Å². The average Bonchev–Trinajstić information content (AvgIpc) is 1.74. The highest BCUT2D eigenvalue weighted by Gasteiger charge is 2.42. The van der Waals surface area contributed by atoms with Gasteiger partial charge in [-0.2, -0.15) is 0 Å². The Hall–Kier alpha value is -9.79. The van der Waals surface area contributed by atoms with Crippen molar-refractivity contribution in [3.05, 3.63) is 54.1 Å². The van der Waals surface area contributed by atoms with Crippen molar-refractivity contribution in [3.63, 3.8) is 0 Å². The molecular formula is C68H106N22O15S2. The van der Waals surface area contributed by atoms with E-state index in [0.717, 1.165) is 21.6 Å². The first-order chi connectivity index (χ1) is 51.2. The Bertz CT molecular complexity index is 3440. The molecule has 12 atom stereocenters. The molecule has 39 heteroatoms. The predicted octanol–water partition coefficient (Wildman–Crippen LogP) is -4.11. The van der Waals surface area contributed by atoms with E-state index in [4.69, 9.17) is 28.7 Å². The first-order valence-electron chi connectivity index (χ1n) is 36.4. The predicted molar refractivity (Wildman–Crippen MR) is 398 cm³/mol. The van der Waals surface area contributed by atoms with Crippen molar-refractivity contribution >= 4 is 116 Å². The molecule has 0 radical (unpaired) electrons. The van der Waals surface area contributed by atoms with Gasteiger partial charge in [0.05, 0.1) is 12.9 Å². The molecule has 590 valence electrons. The van der Waals surface area contributed by atoms with E-state index in [2.05, 4.69) is 78.4 Å². The Morgan fingerprint density at radius 1 is 0.654 bits per heavy atom. The van der Waals surface area contributed by atoms with Crippen LogP contribution in [-0.2, 0) is 80.0 Å². The van der Waals surface area contributed by atoms with Gasteiger partial charge in [0.1, 0.15) is 72.5 Å². The molecule has 107 heavy (non-hydrogen) atoms. The SMILES string of the molecule is CCCC[C@@H]1NC(=O)[C@@H]2CCCN2C(=O)CNC(=O)[C@H](CCCCN)NC(=O)[C@H](Cc2cnc[nH]2)NC(=O)C(NC(=O)[C@H](CC(C)C)NC(=O)[C@H](CCCN=C(N)N)NC(=O)[C@@H]2CCCN2C(=O)[C@H](CCCN=C(N)N)NC(=O)[C@@H]2CCC(=O)N2)CSSC[C@@H](C(=O)N[C@@H](Cc2ccccc2)C(=O)O)NC1=O. The van der Waals surface area contributed by atoms with E-state index in [1.165, 1.54) is 22.3 Å². The number of amides is 13. The number of imidazole rings is 1. The topological polar surface area (TPSA) is 582 Å². The summed E-state index contributed by atoms with van der Waals surface area (Å²) in [6.07, 6.45) is 5.75. The van der Waals surface area contributed by atoms with Crippen LogP contribution in [0.25, 0.3) is 0 Å². The second-order valence-electron chi connectivity index (χ2n) is 27.2. The summed E-state index contributed by atoms with van der Waals surface area (Å²) < 4.78 is 0. The van der Waals surface area contributed by atoms with Crippen molar-refractivity contribution in [1.29, 1.82) is 0 Å². The van der Waals surface area contributed by atoms with Gasteiger partial charge in [0, 0.05) is 68.8 Å². The summed E-state index contributed by atoms with van der Waals surface area (Å²) in [6, 6.07) is -7.51. The number of hydrogen-bond acceptors (Lipinski definition) is 20. The molecule has 2 aromatic rings. The molecule has 6 rings (SSSR count). The summed E-state index contributed by atoms with van der Waals surface area (Å²) in [4.78, 5) is 217. The average molecular weight is 1540 g/mol. The molecule has 1 aromatic heterocycles. The normalized spacial score (nSPS) is 22.5. The van der Waals surface area contributed by atoms with Crippen LogP contribution in [0, 0.1) is 5.92 Å². The molecule has 4 aliphatic rings. The Morgan fingerprint density at radius 2 is 1.28 bits per heavy atom. The van der Waals surface area contributed by atoms with Crippen molar-refractivity contribution in [1.82, 2.24) is 78.3 Å². The number of H-pyrrole nitrogens is 1. The van der Waals surface area contributed by atoms with E-state index in [-0.39, 0.29) is 151 Å². The third-order valence-electron chi connectivity index (χ3n) is 18.3. The van der Waals surface area contributed by atoms with Gasteiger partial charge in [-0.1, -0.05) is 85.5 Å². The number of aliphatic imine (C=N–C) groups is 2. The monoisotopic (exact) mass is 1530 g/mol. The number of carboxylic acids is 1. The lowest BCUT2D eigenvalue weighted by Gasteiger charge is -2.31. The second kappa shape index (κ2) is 44.4. The summed E-state index contributed by atoms with van der Waals surface area (Å²) in [6.45, 7) is 5.31. The van der Waals surface area contributed by atoms with E-state index in [1.807, 2.05) is 6.92 Å². The number of carbonyl (C=O) groups excluding carboxylic acids is 13. The highest BCUT2D eigenvalue weighted by Crippen LogP contribution is 2.26. The quantitative estimate of drug-likeness (QED) is 0.0140. The lowest BCUT2D eigenvalue weighted by atomic mass is 10.0. The maximum atomic E-state index is 15.2. The van der Waals surface area contributed by atoms with Crippen LogP contribution < -0.4 is 87.2 Å². The third kappa shape index (κ3) is 28.5. The second-order valence-corrected chi connectivity index (χ2v) is 29.7. The van der Waals surface area contributed by atoms with Gasteiger partial charge in [-0.3, -0.25) is 72.3 Å². The minimum absolute atomic E-state index is 0.00452. The number of aromatic amines is 1. The number of unbranched alkanes of at least 4 members (excludes halogenated alkanes) is 2. The smallest absolute Gasteiger partial charge is 0.326 e. The van der Waals surface area contributed by atoms with Gasteiger partial charge in [-0.25, -0.2) is 9.78 Å². The zero-order chi connectivity index (χ0) is 78.1. The van der Waals surface area contributed by atoms with Crippen molar-refractivity contribution in [2.45, 2.75) is 215 Å². The van der Waals surface area contributed by atoms with Crippen LogP contribution in [0.5, 0.6) is 0 Å². The standard InChI is InChI=1S/C68H106N22O15S2/c1-4-5-17-42-57(95)87-50(62(100)86-48(66(104)105)31-39-15-7-6-8-16-39)36-107-106-35-49(61(99)85-47(32-40-33-74-37-78-40)60(98)80-41(18-9-10-25-69)55(93)77-34-54(92)89-28-13-21-51(89)63(101)81-42)88-59(97)46(30-38(2)3)84-56(94)43(19-11-26-75-67(70)71)82-64(102)52-22-14-29-90(52)65(103)45(20-12-27-76-68(72)73)83-58(96)44-23-24-53(91)79-44/h6-8,15-16,33,37-38,41-52H,4-5,9-14,17-32,34-36,69H2,1-3H3,(H,74,78)(H,77,93)(H,79,91)(H,80,98)(H,81,101)(H,82,102)(H,83,96)(H,84,94)(H,85,99)(H,86,100)(H,87,95)(H,88,97)(H,104,105)(H4,70,71,75)(H4,72,73,76)/t41-,42-,43-,44-,45-,46-,47-,48-,49?,50-,51-,52-/m0/s1. The fourth-order valence-electron chi connectivity index (χ4n) is 12.6. The van der Waals surface area contributed by atoms with Crippen LogP contribution in [0.15, 0.2) is 52.8 Å². The molecule has 5 heterocycles. The van der Waals surface area contributed by atoms with Crippen LogP contribution in [-0.4, -0.2) is 243 Å². The molecule has 37 nitrogen and oxygen atoms in total. The van der Waals surface area contributed by atoms with Crippen LogP contribution >= 0.6 is 21.6 Å². The number of nitrogens with two attached hydrogens (primary N) is 5. The summed E-state index contributed by atoms with van der Waals surface area (Å²) in [5.74, 6) is -12.7. The maximum Gasteiger partial charge on any atom is 0.326 e. The number of carboxylic acid groups (broad SMARTS) is 1. The summed E-state index contributed by atoms with van der Waals surface area (Å²) >= 11 is 0. The third-order valence-corrected chi connectivity index (χ3v) is 20.7. The Balaban J connectivity index is 1.34. The number of likely N-dealkylation sites (tertiary alicyclic amines) is 1. The van der Waals surface area contributed by atoms with Crippen LogP contribution in [0.3, 0.4) is 0 Å². The van der Waals surface area contributed by atoms with Gasteiger partial charge in [0.2, 0.25) is 76.8 Å². The molecule has 4 saturated heterocycles. The summed E-state index contributed by atoms with van der Waals surface area (Å²) in [5.41, 5.74) is 29.1. The molecule has 0 bridgehead atoms. The number of nitrogens with one attached hydrogen (secondary N) is 12. The van der Waals surface area contributed by atoms with E-state index >= 15 is 9.59 Å². The fraction of sp³-hybridized carbons (Fsp3) is 0.632. The number of rotatable bonds is 33. The van der Waals surface area contributed by atoms with Gasteiger partial charge in [-0.15, -0.1) is 0 Å². The molecule has 0 aliphatic carbocycles. The molecule has 0 saturated carbocycles. The fourth-order valence-corrected chi connectivity index (χ4v) is 15.0. The molecule has 1 aromatic carbocycles. The number of carbonyl (C=O) groups is 14. The molecule has 13 amide bonds. The molecule has 4 aliphatic heterocycles. The van der Waals surface area contributed by atoms with Gasteiger partial charge < -0.3 is 107 Å². The Labute approximate surface area is 628 Å². The number of aliphatic carboxylic acids is 1. The van der Waals surface area contributed by atoms with Crippen molar-refractivity contribution in [2.75, 3.05) is 50.8 Å². The largest absolute Gasteiger partial charge is 0.480 e. The van der Waals surface area contributed by atoms with Crippen LogP contribution in [0.1, 0.15) is 141 Å². The van der Waals surface area contributed by atoms with E-state index in [1.54, 1.807) is 44.2 Å². The highest BCUT2D eigenvalue weighted by molar-refractivity contribution is 8.76. The zero-order valence-corrected chi connectivity index (χ0v) is 62.4. The minimum Gasteiger partial charge on any atom is -0.480 e. The maximum absolute atomic E-state index is 15.2. The van der Waals surface area contributed by atoms with E-state index in [9.17, 15) is 62.6 Å². The molecule has 4 fully saturated rings. The summed E-state index contributed by atoms with van der Waals surface area (Å²) in [5, 5.41) is 40.1. The first kappa shape index (κ1) is 86.1. The molecular weight excluding hydrogens is 1430 g/mol. The first-order valence-corrected chi connectivity index (χ1v) is 38.8. The van der Waals surface area contributed by atoms with Gasteiger partial charge in [0.25, 0.3) is 0 Å². The lowest BCUT2D eigenvalue weighted by molar-refractivity contribution is -0.142. The van der Waals surface area contributed by atoms with Gasteiger partial charge >= 0.3 is 5.97 Å². The van der Waals surface area contributed by atoms with E-state index < -0.39 is 156 Å². The Morgan fingerprint density at radius 3 is 1.93 bits per heavy atom. The summed E-state index contributed by atoms with van der Waals surface area (Å²) in [7, 11) is 1.84. The van der Waals surface area contributed by atoms with Crippen molar-refractivity contribution < 1.29 is 72.2 Å². The number of benzene rings is 1. The lowest BCUT2D eigenvalue weighted by Crippen LogP contribution is -2.61. The van der Waals surface area contributed by atoms with Gasteiger partial charge in [0.15, 0.2) is 11.9 Å². The van der Waals surface area contributed by atoms with Crippen LogP contribution in [0.4, 0.5) is 0 Å². The van der Waals surface area contributed by atoms with Gasteiger partial charge in [-0.05, 0) is 108 Å². The minimum atomic E-state index is -1.63.